The van der Waals surface area contributed by atoms with Gasteiger partial charge in [0.15, 0.2) is 0 Å². The number of amides is 1. The van der Waals surface area contributed by atoms with E-state index in [0.717, 1.165) is 40.6 Å². The lowest BCUT2D eigenvalue weighted by atomic mass is 10.2. The fourth-order valence-electron chi connectivity index (χ4n) is 3.19. The lowest BCUT2D eigenvalue weighted by Crippen LogP contribution is -2.17. The third kappa shape index (κ3) is 4.89. The van der Waals surface area contributed by atoms with E-state index in [4.69, 9.17) is 9.47 Å². The second kappa shape index (κ2) is 9.78. The van der Waals surface area contributed by atoms with Crippen LogP contribution in [0.15, 0.2) is 59.7 Å². The zero-order valence-corrected chi connectivity index (χ0v) is 17.8. The number of carbonyl (C=O) groups is 1. The van der Waals surface area contributed by atoms with Gasteiger partial charge in [-0.15, -0.1) is 0 Å². The molecule has 0 aliphatic rings. The lowest BCUT2D eigenvalue weighted by molar-refractivity contribution is 0.0955. The maximum Gasteiger partial charge on any atom is 0.271 e. The van der Waals surface area contributed by atoms with Gasteiger partial charge in [0.1, 0.15) is 11.5 Å². The van der Waals surface area contributed by atoms with E-state index in [1.165, 1.54) is 0 Å². The van der Waals surface area contributed by atoms with Gasteiger partial charge in [-0.2, -0.15) is 5.10 Å². The Morgan fingerprint density at radius 2 is 1.73 bits per heavy atom. The SMILES string of the molecule is CCCOc1ccc(C(=O)N/N=C/c2cc(C)n(-c3ccc(OC)cc3)c2C)cc1. The number of hydrogen-bond acceptors (Lipinski definition) is 4. The first-order chi connectivity index (χ1) is 14.5. The van der Waals surface area contributed by atoms with Gasteiger partial charge in [-0.25, -0.2) is 5.43 Å². The molecule has 6 nitrogen and oxygen atoms in total. The Hall–Kier alpha value is -3.54. The van der Waals surface area contributed by atoms with Gasteiger partial charge >= 0.3 is 0 Å². The van der Waals surface area contributed by atoms with Crippen molar-refractivity contribution >= 4 is 12.1 Å². The molecular weight excluding hydrogens is 378 g/mol. The molecule has 0 saturated carbocycles. The molecule has 0 saturated heterocycles. The highest BCUT2D eigenvalue weighted by Crippen LogP contribution is 2.22. The number of nitrogens with zero attached hydrogens (tertiary/aromatic N) is 2. The molecule has 0 unspecified atom stereocenters. The van der Waals surface area contributed by atoms with Gasteiger partial charge < -0.3 is 14.0 Å². The molecule has 3 rings (SSSR count). The molecule has 3 aromatic rings. The number of aryl methyl sites for hydroxylation is 1. The van der Waals surface area contributed by atoms with Crippen LogP contribution in [0.2, 0.25) is 0 Å². The van der Waals surface area contributed by atoms with Crippen LogP contribution >= 0.6 is 0 Å². The highest BCUT2D eigenvalue weighted by molar-refractivity contribution is 5.95. The molecule has 156 valence electrons. The van der Waals surface area contributed by atoms with Gasteiger partial charge in [0.25, 0.3) is 5.91 Å². The highest BCUT2D eigenvalue weighted by Gasteiger charge is 2.10. The number of rotatable bonds is 8. The van der Waals surface area contributed by atoms with Crippen molar-refractivity contribution in [3.05, 3.63) is 77.1 Å². The highest BCUT2D eigenvalue weighted by atomic mass is 16.5. The molecule has 0 atom stereocenters. The van der Waals surface area contributed by atoms with E-state index in [1.54, 1.807) is 37.6 Å². The lowest BCUT2D eigenvalue weighted by Gasteiger charge is -2.10. The second-order valence-corrected chi connectivity index (χ2v) is 6.93. The van der Waals surface area contributed by atoms with Crippen molar-refractivity contribution in [2.24, 2.45) is 5.10 Å². The molecule has 6 heteroatoms. The summed E-state index contributed by atoms with van der Waals surface area (Å²) in [7, 11) is 1.65. The first-order valence-corrected chi connectivity index (χ1v) is 9.93. The standard InChI is InChI=1S/C24H27N3O3/c1-5-14-30-23-10-6-19(7-11-23)24(28)26-25-16-20-15-17(2)27(18(20)3)21-8-12-22(29-4)13-9-21/h6-13,15-16H,5,14H2,1-4H3,(H,26,28)/b25-16+. The Morgan fingerprint density at radius 3 is 2.37 bits per heavy atom. The van der Waals surface area contributed by atoms with E-state index in [-0.39, 0.29) is 5.91 Å². The number of hydrogen-bond donors (Lipinski definition) is 1. The van der Waals surface area contributed by atoms with Crippen molar-refractivity contribution in [1.29, 1.82) is 0 Å². The van der Waals surface area contributed by atoms with Gasteiger partial charge in [0, 0.05) is 28.2 Å². The summed E-state index contributed by atoms with van der Waals surface area (Å²) < 4.78 is 12.9. The van der Waals surface area contributed by atoms with Crippen LogP contribution in [0.1, 0.15) is 40.7 Å². The first-order valence-electron chi connectivity index (χ1n) is 9.93. The zero-order valence-electron chi connectivity index (χ0n) is 17.8. The number of methoxy groups -OCH3 is 1. The molecule has 0 bridgehead atoms. The molecule has 0 aliphatic heterocycles. The maximum absolute atomic E-state index is 12.3. The van der Waals surface area contributed by atoms with Gasteiger partial charge in [0.05, 0.1) is 19.9 Å². The summed E-state index contributed by atoms with van der Waals surface area (Å²) in [5, 5.41) is 4.14. The maximum atomic E-state index is 12.3. The summed E-state index contributed by atoms with van der Waals surface area (Å²) in [4.78, 5) is 12.3. The molecule has 0 radical (unpaired) electrons. The second-order valence-electron chi connectivity index (χ2n) is 6.93. The van der Waals surface area contributed by atoms with Crippen molar-refractivity contribution in [1.82, 2.24) is 9.99 Å². The molecule has 1 N–H and O–H groups in total. The molecule has 1 amide bonds. The van der Waals surface area contributed by atoms with E-state index >= 15 is 0 Å². The van der Waals surface area contributed by atoms with Crippen LogP contribution in [0.4, 0.5) is 0 Å². The van der Waals surface area contributed by atoms with Crippen LogP contribution < -0.4 is 14.9 Å². The summed E-state index contributed by atoms with van der Waals surface area (Å²) in [5.74, 6) is 1.30. The van der Waals surface area contributed by atoms with Crippen LogP contribution in [-0.2, 0) is 0 Å². The minimum atomic E-state index is -0.266. The summed E-state index contributed by atoms with van der Waals surface area (Å²) in [5.41, 5.74) is 7.20. The largest absolute Gasteiger partial charge is 0.497 e. The van der Waals surface area contributed by atoms with Crippen LogP contribution in [0.5, 0.6) is 11.5 Å². The Bertz CT molecular complexity index is 1020. The summed E-state index contributed by atoms with van der Waals surface area (Å²) in [6.45, 7) is 6.77. The number of nitrogens with one attached hydrogen (secondary N) is 1. The van der Waals surface area contributed by atoms with Crippen molar-refractivity contribution in [2.45, 2.75) is 27.2 Å². The van der Waals surface area contributed by atoms with E-state index in [9.17, 15) is 4.79 Å². The molecule has 0 spiro atoms. The number of ether oxygens (including phenoxy) is 2. The molecule has 1 heterocycles. The minimum Gasteiger partial charge on any atom is -0.497 e. The van der Waals surface area contributed by atoms with Crippen molar-refractivity contribution in [3.63, 3.8) is 0 Å². The van der Waals surface area contributed by atoms with Crippen molar-refractivity contribution < 1.29 is 14.3 Å². The minimum absolute atomic E-state index is 0.266. The van der Waals surface area contributed by atoms with Crippen molar-refractivity contribution in [2.75, 3.05) is 13.7 Å². The van der Waals surface area contributed by atoms with E-state index < -0.39 is 0 Å². The third-order valence-corrected chi connectivity index (χ3v) is 4.76. The van der Waals surface area contributed by atoms with E-state index in [1.807, 2.05) is 51.1 Å². The first kappa shape index (κ1) is 21.2. The average molecular weight is 405 g/mol. The van der Waals surface area contributed by atoms with Gasteiger partial charge in [-0.05, 0) is 74.9 Å². The number of aromatic nitrogens is 1. The molecule has 0 fully saturated rings. The number of hydrazone groups is 1. The predicted octanol–water partition coefficient (Wildman–Crippen LogP) is 4.66. The van der Waals surface area contributed by atoms with E-state index in [2.05, 4.69) is 15.1 Å². The van der Waals surface area contributed by atoms with Crippen LogP contribution in [-0.4, -0.2) is 30.4 Å². The smallest absolute Gasteiger partial charge is 0.271 e. The summed E-state index contributed by atoms with van der Waals surface area (Å²) in [6.07, 6.45) is 2.61. The van der Waals surface area contributed by atoms with Crippen LogP contribution in [0, 0.1) is 13.8 Å². The predicted molar refractivity (Wildman–Crippen MR) is 119 cm³/mol. The monoisotopic (exact) mass is 405 g/mol. The molecular formula is C24H27N3O3. The molecule has 30 heavy (non-hydrogen) atoms. The Morgan fingerprint density at radius 1 is 1.07 bits per heavy atom. The van der Waals surface area contributed by atoms with E-state index in [0.29, 0.717) is 12.2 Å². The summed E-state index contributed by atoms with van der Waals surface area (Å²) >= 11 is 0. The Labute approximate surface area is 177 Å². The number of benzene rings is 2. The zero-order chi connectivity index (χ0) is 21.5. The van der Waals surface area contributed by atoms with Crippen LogP contribution in [0.25, 0.3) is 5.69 Å². The molecule has 0 aliphatic carbocycles. The van der Waals surface area contributed by atoms with Gasteiger partial charge in [-0.3, -0.25) is 4.79 Å². The fraction of sp³-hybridized carbons (Fsp3) is 0.250. The normalized spacial score (nSPS) is 10.9. The topological polar surface area (TPSA) is 64.8 Å². The summed E-state index contributed by atoms with van der Waals surface area (Å²) in [6, 6.07) is 17.0. The third-order valence-electron chi connectivity index (χ3n) is 4.76. The van der Waals surface area contributed by atoms with Crippen molar-refractivity contribution in [3.8, 4) is 17.2 Å². The quantitative estimate of drug-likeness (QED) is 0.438. The van der Waals surface area contributed by atoms with Crippen LogP contribution in [0.3, 0.4) is 0 Å². The molecule has 1 aromatic heterocycles. The Balaban J connectivity index is 1.68. The van der Waals surface area contributed by atoms with Gasteiger partial charge in [0.2, 0.25) is 0 Å². The average Bonchev–Trinajstić information content (AvgIpc) is 3.05. The Kier molecular flexibility index (Phi) is 6.91. The number of carbonyl (C=O) groups excluding carboxylic acids is 1. The van der Waals surface area contributed by atoms with Gasteiger partial charge in [-0.1, -0.05) is 6.92 Å². The molecule has 2 aromatic carbocycles. The fourth-order valence-corrected chi connectivity index (χ4v) is 3.19.